The Labute approximate surface area is 136 Å². The van der Waals surface area contributed by atoms with Gasteiger partial charge >= 0.3 is 0 Å². The molecule has 0 aliphatic heterocycles. The number of likely N-dealkylation sites (N-methyl/N-ethyl adjacent to an activating group) is 1. The maximum atomic E-state index is 13.3. The monoisotopic (exact) mass is 355 g/mol. The van der Waals surface area contributed by atoms with Crippen LogP contribution in [0.1, 0.15) is 57.4 Å². The van der Waals surface area contributed by atoms with Gasteiger partial charge < -0.3 is 5.32 Å². The van der Waals surface area contributed by atoms with Crippen LogP contribution >= 0.6 is 15.9 Å². The summed E-state index contributed by atoms with van der Waals surface area (Å²) in [5.41, 5.74) is 1.21. The third kappa shape index (κ3) is 5.71. The minimum atomic E-state index is -0.178. The Bertz CT molecular complexity index is 427. The van der Waals surface area contributed by atoms with Gasteiger partial charge in [0.25, 0.3) is 0 Å². The minimum Gasteiger partial charge on any atom is -0.314 e. The van der Waals surface area contributed by atoms with Crippen molar-refractivity contribution in [2.24, 2.45) is 5.92 Å². The molecule has 1 fully saturated rings. The van der Waals surface area contributed by atoms with Crippen molar-refractivity contribution in [3.63, 3.8) is 0 Å². The van der Waals surface area contributed by atoms with Crippen molar-refractivity contribution in [2.45, 2.75) is 64.3 Å². The summed E-state index contributed by atoms with van der Waals surface area (Å²) in [6.45, 7) is 3.17. The van der Waals surface area contributed by atoms with Gasteiger partial charge in [-0.25, -0.2) is 4.39 Å². The number of benzene rings is 1. The third-order valence-corrected chi connectivity index (χ3v) is 5.16. The molecule has 1 saturated carbocycles. The van der Waals surface area contributed by atoms with Gasteiger partial charge in [0.05, 0.1) is 4.47 Å². The Balaban J connectivity index is 1.95. The first-order chi connectivity index (χ1) is 10.2. The van der Waals surface area contributed by atoms with Crippen LogP contribution in [0.25, 0.3) is 0 Å². The highest BCUT2D eigenvalue weighted by Crippen LogP contribution is 2.27. The van der Waals surface area contributed by atoms with Crippen molar-refractivity contribution in [3.8, 4) is 0 Å². The highest BCUT2D eigenvalue weighted by molar-refractivity contribution is 9.10. The van der Waals surface area contributed by atoms with Gasteiger partial charge in [0.15, 0.2) is 0 Å². The molecule has 0 spiro atoms. The second kappa shape index (κ2) is 8.89. The zero-order valence-corrected chi connectivity index (χ0v) is 14.6. The standard InChI is InChI=1S/C18H27BrFN/c1-2-21-16(11-14-7-5-3-4-6-8-14)12-15-9-10-18(20)17(19)13-15/h9-10,13-14,16,21H,2-8,11-12H2,1H3. The van der Waals surface area contributed by atoms with Crippen molar-refractivity contribution in [2.75, 3.05) is 6.54 Å². The van der Waals surface area contributed by atoms with Crippen LogP contribution in [0.15, 0.2) is 22.7 Å². The van der Waals surface area contributed by atoms with Gasteiger partial charge in [-0.1, -0.05) is 51.5 Å². The van der Waals surface area contributed by atoms with Gasteiger partial charge in [0.2, 0.25) is 0 Å². The van der Waals surface area contributed by atoms with Crippen molar-refractivity contribution in [1.82, 2.24) is 5.32 Å². The quantitative estimate of drug-likeness (QED) is 0.667. The first kappa shape index (κ1) is 17.0. The van der Waals surface area contributed by atoms with Crippen LogP contribution < -0.4 is 5.32 Å². The normalized spacial score (nSPS) is 18.4. The lowest BCUT2D eigenvalue weighted by molar-refractivity contribution is 0.353. The molecule has 1 N–H and O–H groups in total. The van der Waals surface area contributed by atoms with Crippen LogP contribution in [0.3, 0.4) is 0 Å². The van der Waals surface area contributed by atoms with Crippen LogP contribution in [0, 0.1) is 11.7 Å². The zero-order valence-electron chi connectivity index (χ0n) is 13.0. The van der Waals surface area contributed by atoms with Crippen molar-refractivity contribution in [1.29, 1.82) is 0 Å². The van der Waals surface area contributed by atoms with E-state index in [1.54, 1.807) is 6.07 Å². The molecule has 1 aliphatic rings. The van der Waals surface area contributed by atoms with E-state index in [4.69, 9.17) is 0 Å². The average Bonchev–Trinajstić information content (AvgIpc) is 2.72. The SMILES string of the molecule is CCNC(Cc1ccc(F)c(Br)c1)CC1CCCCCC1. The Morgan fingerprint density at radius 2 is 1.95 bits per heavy atom. The van der Waals surface area contributed by atoms with Crippen LogP contribution in [-0.2, 0) is 6.42 Å². The molecule has 1 atom stereocenters. The topological polar surface area (TPSA) is 12.0 Å². The predicted molar refractivity (Wildman–Crippen MR) is 91.1 cm³/mol. The summed E-state index contributed by atoms with van der Waals surface area (Å²) >= 11 is 3.29. The summed E-state index contributed by atoms with van der Waals surface area (Å²) in [6.07, 6.45) is 10.6. The smallest absolute Gasteiger partial charge is 0.137 e. The molecule has 1 aliphatic carbocycles. The Kier molecular flexibility index (Phi) is 7.18. The molecule has 0 radical (unpaired) electrons. The first-order valence-electron chi connectivity index (χ1n) is 8.36. The van der Waals surface area contributed by atoms with Crippen LogP contribution in [0.5, 0.6) is 0 Å². The number of nitrogens with one attached hydrogen (secondary N) is 1. The molecule has 3 heteroatoms. The van der Waals surface area contributed by atoms with Crippen LogP contribution in [0.2, 0.25) is 0 Å². The molecule has 0 amide bonds. The van der Waals surface area contributed by atoms with E-state index in [1.165, 1.54) is 50.5 Å². The molecular formula is C18H27BrFN. The van der Waals surface area contributed by atoms with Crippen molar-refractivity contribution >= 4 is 15.9 Å². The summed E-state index contributed by atoms with van der Waals surface area (Å²) in [6, 6.07) is 5.91. The predicted octanol–water partition coefficient (Wildman–Crippen LogP) is 5.47. The largest absolute Gasteiger partial charge is 0.314 e. The minimum absolute atomic E-state index is 0.178. The molecule has 1 aromatic carbocycles. The maximum Gasteiger partial charge on any atom is 0.137 e. The van der Waals surface area contributed by atoms with Gasteiger partial charge in [0, 0.05) is 6.04 Å². The molecule has 118 valence electrons. The fourth-order valence-electron chi connectivity index (χ4n) is 3.48. The van der Waals surface area contributed by atoms with E-state index in [0.29, 0.717) is 10.5 Å². The lowest BCUT2D eigenvalue weighted by Gasteiger charge is -2.23. The second-order valence-electron chi connectivity index (χ2n) is 6.30. The van der Waals surface area contributed by atoms with E-state index in [-0.39, 0.29) is 5.82 Å². The Morgan fingerprint density at radius 1 is 1.24 bits per heavy atom. The van der Waals surface area contributed by atoms with Gasteiger partial charge in [0.1, 0.15) is 5.82 Å². The molecule has 1 unspecified atom stereocenters. The zero-order chi connectivity index (χ0) is 15.1. The van der Waals surface area contributed by atoms with E-state index < -0.39 is 0 Å². The fraction of sp³-hybridized carbons (Fsp3) is 0.667. The molecule has 0 bridgehead atoms. The third-order valence-electron chi connectivity index (χ3n) is 4.55. The highest BCUT2D eigenvalue weighted by atomic mass is 79.9. The van der Waals surface area contributed by atoms with E-state index >= 15 is 0 Å². The van der Waals surface area contributed by atoms with E-state index in [1.807, 2.05) is 12.1 Å². The molecule has 21 heavy (non-hydrogen) atoms. The van der Waals surface area contributed by atoms with E-state index in [2.05, 4.69) is 28.2 Å². The highest BCUT2D eigenvalue weighted by Gasteiger charge is 2.18. The molecule has 1 aromatic rings. The lowest BCUT2D eigenvalue weighted by atomic mass is 9.90. The number of hydrogen-bond donors (Lipinski definition) is 1. The molecular weight excluding hydrogens is 329 g/mol. The van der Waals surface area contributed by atoms with E-state index in [9.17, 15) is 4.39 Å². The molecule has 0 saturated heterocycles. The van der Waals surface area contributed by atoms with E-state index in [0.717, 1.165) is 18.9 Å². The second-order valence-corrected chi connectivity index (χ2v) is 7.15. The summed E-state index contributed by atoms with van der Waals surface area (Å²) in [4.78, 5) is 0. The Hall–Kier alpha value is -0.410. The molecule has 1 nitrogen and oxygen atoms in total. The molecule has 0 aromatic heterocycles. The fourth-order valence-corrected chi connectivity index (χ4v) is 3.91. The summed E-state index contributed by atoms with van der Waals surface area (Å²) in [5.74, 6) is 0.683. The summed E-state index contributed by atoms with van der Waals surface area (Å²) in [7, 11) is 0. The van der Waals surface area contributed by atoms with Crippen LogP contribution in [-0.4, -0.2) is 12.6 Å². The van der Waals surface area contributed by atoms with Gasteiger partial charge in [-0.3, -0.25) is 0 Å². The number of rotatable bonds is 6. The first-order valence-corrected chi connectivity index (χ1v) is 9.15. The summed E-state index contributed by atoms with van der Waals surface area (Å²) in [5, 5.41) is 3.62. The number of hydrogen-bond acceptors (Lipinski definition) is 1. The van der Waals surface area contributed by atoms with Crippen molar-refractivity contribution < 1.29 is 4.39 Å². The Morgan fingerprint density at radius 3 is 2.57 bits per heavy atom. The van der Waals surface area contributed by atoms with Crippen LogP contribution in [0.4, 0.5) is 4.39 Å². The van der Waals surface area contributed by atoms with Gasteiger partial charge in [-0.05, 0) is 58.9 Å². The van der Waals surface area contributed by atoms with Gasteiger partial charge in [-0.2, -0.15) is 0 Å². The van der Waals surface area contributed by atoms with Crippen molar-refractivity contribution in [3.05, 3.63) is 34.1 Å². The maximum absolute atomic E-state index is 13.3. The average molecular weight is 356 g/mol. The molecule has 2 rings (SSSR count). The molecule has 0 heterocycles. The lowest BCUT2D eigenvalue weighted by Crippen LogP contribution is -2.33. The van der Waals surface area contributed by atoms with Gasteiger partial charge in [-0.15, -0.1) is 0 Å². The number of halogens is 2. The summed E-state index contributed by atoms with van der Waals surface area (Å²) < 4.78 is 13.9.